The van der Waals surface area contributed by atoms with Crippen LogP contribution in [0.25, 0.3) is 33.3 Å². The maximum Gasteiger partial charge on any atom is 0.280 e. The molecule has 5 rings (SSSR count). The summed E-state index contributed by atoms with van der Waals surface area (Å²) in [7, 11) is 0. The number of benzene rings is 3. The summed E-state index contributed by atoms with van der Waals surface area (Å²) in [4.78, 5) is 33.0. The third-order valence-corrected chi connectivity index (χ3v) is 5.18. The van der Waals surface area contributed by atoms with Gasteiger partial charge in [-0.1, -0.05) is 30.3 Å². The number of carbonyl (C=O) groups excluding carboxylic acids is 1. The van der Waals surface area contributed by atoms with Crippen molar-refractivity contribution in [2.75, 3.05) is 5.32 Å². The van der Waals surface area contributed by atoms with E-state index in [4.69, 9.17) is 0 Å². The van der Waals surface area contributed by atoms with Gasteiger partial charge in [0.25, 0.3) is 5.69 Å². The normalized spacial score (nSPS) is 11.0. The van der Waals surface area contributed by atoms with Crippen molar-refractivity contribution in [2.24, 2.45) is 0 Å². The van der Waals surface area contributed by atoms with Gasteiger partial charge in [-0.05, 0) is 42.5 Å². The second-order valence-electron chi connectivity index (χ2n) is 7.24. The van der Waals surface area contributed by atoms with Gasteiger partial charge in [0.05, 0.1) is 27.0 Å². The number of carbonyl (C=O) groups is 1. The zero-order chi connectivity index (χ0) is 22.1. The molecule has 0 unspecified atom stereocenters. The van der Waals surface area contributed by atoms with Crippen LogP contribution in [-0.2, 0) is 11.3 Å². The molecule has 0 radical (unpaired) electrons. The van der Waals surface area contributed by atoms with E-state index in [0.29, 0.717) is 22.6 Å². The van der Waals surface area contributed by atoms with Crippen LogP contribution in [0.5, 0.6) is 0 Å². The first-order chi connectivity index (χ1) is 15.6. The largest absolute Gasteiger partial charge is 0.325 e. The van der Waals surface area contributed by atoms with Gasteiger partial charge in [0.2, 0.25) is 5.91 Å². The van der Waals surface area contributed by atoms with Crippen LogP contribution in [0.1, 0.15) is 0 Å². The molecule has 3 aromatic carbocycles. The van der Waals surface area contributed by atoms with E-state index in [1.54, 1.807) is 35.0 Å². The summed E-state index contributed by atoms with van der Waals surface area (Å²) in [6, 6.07) is 23.0. The van der Waals surface area contributed by atoms with E-state index < -0.39 is 4.92 Å². The first-order valence-corrected chi connectivity index (χ1v) is 9.94. The van der Waals surface area contributed by atoms with E-state index in [1.807, 2.05) is 48.5 Å². The lowest BCUT2D eigenvalue weighted by atomic mass is 10.1. The Morgan fingerprint density at radius 3 is 2.66 bits per heavy atom. The number of amides is 1. The lowest BCUT2D eigenvalue weighted by molar-refractivity contribution is -0.384. The fourth-order valence-electron chi connectivity index (χ4n) is 3.76. The van der Waals surface area contributed by atoms with E-state index in [2.05, 4.69) is 15.3 Å². The van der Waals surface area contributed by atoms with E-state index in [1.165, 1.54) is 6.07 Å². The Morgan fingerprint density at radius 1 is 0.969 bits per heavy atom. The van der Waals surface area contributed by atoms with Gasteiger partial charge in [-0.25, -0.2) is 4.98 Å². The average molecular weight is 423 g/mol. The van der Waals surface area contributed by atoms with Gasteiger partial charge >= 0.3 is 0 Å². The summed E-state index contributed by atoms with van der Waals surface area (Å²) >= 11 is 0. The number of imidazole rings is 1. The standard InChI is InChI=1S/C24H17N5O3/c30-23(26-17-11-12-19-16(14-17)6-5-13-25-19)15-28-22-10-4-2-8-20(22)27-24(28)18-7-1-3-9-21(18)29(31)32/h1-14H,15H2,(H,26,30). The third kappa shape index (κ3) is 3.54. The molecule has 0 atom stereocenters. The van der Waals surface area contributed by atoms with Crippen LogP contribution in [0.15, 0.2) is 85.1 Å². The topological polar surface area (TPSA) is 103 Å². The minimum absolute atomic E-state index is 0.0486. The molecule has 2 aromatic heterocycles. The molecule has 1 amide bonds. The van der Waals surface area contributed by atoms with Crippen molar-refractivity contribution < 1.29 is 9.72 Å². The lowest BCUT2D eigenvalue weighted by Crippen LogP contribution is -2.19. The number of nitro groups is 1. The van der Waals surface area contributed by atoms with E-state index in [9.17, 15) is 14.9 Å². The fraction of sp³-hybridized carbons (Fsp3) is 0.0417. The minimum atomic E-state index is -0.442. The van der Waals surface area contributed by atoms with Gasteiger partial charge in [0, 0.05) is 23.3 Å². The van der Waals surface area contributed by atoms with Crippen molar-refractivity contribution >= 4 is 39.2 Å². The molecule has 0 spiro atoms. The quantitative estimate of drug-likeness (QED) is 0.323. The monoisotopic (exact) mass is 423 g/mol. The van der Waals surface area contributed by atoms with Crippen molar-refractivity contribution in [1.82, 2.24) is 14.5 Å². The van der Waals surface area contributed by atoms with Crippen molar-refractivity contribution in [2.45, 2.75) is 6.54 Å². The van der Waals surface area contributed by atoms with Crippen molar-refractivity contribution in [3.05, 3.63) is 95.2 Å². The molecule has 5 aromatic rings. The summed E-state index contributed by atoms with van der Waals surface area (Å²) < 4.78 is 1.70. The fourth-order valence-corrected chi connectivity index (χ4v) is 3.76. The summed E-state index contributed by atoms with van der Waals surface area (Å²) in [6.45, 7) is -0.0486. The highest BCUT2D eigenvalue weighted by Crippen LogP contribution is 2.31. The molecule has 32 heavy (non-hydrogen) atoms. The van der Waals surface area contributed by atoms with Gasteiger partial charge < -0.3 is 9.88 Å². The maximum absolute atomic E-state index is 13.0. The van der Waals surface area contributed by atoms with Gasteiger partial charge in [-0.3, -0.25) is 19.9 Å². The highest BCUT2D eigenvalue weighted by Gasteiger charge is 2.22. The number of nitrogens with zero attached hydrogens (tertiary/aromatic N) is 4. The zero-order valence-corrected chi connectivity index (χ0v) is 16.8. The Morgan fingerprint density at radius 2 is 1.78 bits per heavy atom. The molecule has 0 aliphatic carbocycles. The van der Waals surface area contributed by atoms with Gasteiger partial charge in [0.15, 0.2) is 0 Å². The maximum atomic E-state index is 13.0. The molecule has 0 saturated carbocycles. The van der Waals surface area contributed by atoms with Crippen LogP contribution in [0.2, 0.25) is 0 Å². The highest BCUT2D eigenvalue weighted by atomic mass is 16.6. The summed E-state index contributed by atoms with van der Waals surface area (Å²) in [6.07, 6.45) is 1.72. The molecule has 0 fully saturated rings. The lowest BCUT2D eigenvalue weighted by Gasteiger charge is -2.11. The van der Waals surface area contributed by atoms with E-state index >= 15 is 0 Å². The first-order valence-electron chi connectivity index (χ1n) is 9.94. The number of hydrogen-bond acceptors (Lipinski definition) is 5. The number of nitrogens with one attached hydrogen (secondary N) is 1. The predicted molar refractivity (Wildman–Crippen MR) is 122 cm³/mol. The second-order valence-corrected chi connectivity index (χ2v) is 7.24. The van der Waals surface area contributed by atoms with E-state index in [-0.39, 0.29) is 18.1 Å². The van der Waals surface area contributed by atoms with Gasteiger partial charge in [-0.15, -0.1) is 0 Å². The molecular formula is C24H17N5O3. The van der Waals surface area contributed by atoms with Crippen LogP contribution >= 0.6 is 0 Å². The van der Waals surface area contributed by atoms with Crippen LogP contribution in [0, 0.1) is 10.1 Å². The van der Waals surface area contributed by atoms with Crippen LogP contribution < -0.4 is 5.32 Å². The number of fused-ring (bicyclic) bond motifs is 2. The van der Waals surface area contributed by atoms with Crippen LogP contribution in [0.3, 0.4) is 0 Å². The Balaban J connectivity index is 1.53. The van der Waals surface area contributed by atoms with Gasteiger partial charge in [-0.2, -0.15) is 0 Å². The number of pyridine rings is 1. The highest BCUT2D eigenvalue weighted by molar-refractivity contribution is 5.95. The number of para-hydroxylation sites is 3. The Kier molecular flexibility index (Phi) is 4.79. The first kappa shape index (κ1) is 19.4. The zero-order valence-electron chi connectivity index (χ0n) is 16.8. The number of anilines is 1. The Labute approximate surface area is 182 Å². The van der Waals surface area contributed by atoms with Gasteiger partial charge in [0.1, 0.15) is 12.4 Å². The molecule has 1 N–H and O–H groups in total. The predicted octanol–water partition coefficient (Wildman–Crippen LogP) is 4.80. The van der Waals surface area contributed by atoms with Crippen molar-refractivity contribution in [3.63, 3.8) is 0 Å². The molecule has 2 heterocycles. The average Bonchev–Trinajstić information content (AvgIpc) is 3.17. The summed E-state index contributed by atoms with van der Waals surface area (Å²) in [5.41, 5.74) is 3.16. The second kappa shape index (κ2) is 7.92. The molecule has 0 aliphatic rings. The number of aromatic nitrogens is 3. The molecule has 0 bridgehead atoms. The third-order valence-electron chi connectivity index (χ3n) is 5.18. The Hall–Kier alpha value is -4.59. The molecule has 8 heteroatoms. The number of rotatable bonds is 5. The minimum Gasteiger partial charge on any atom is -0.325 e. The summed E-state index contributed by atoms with van der Waals surface area (Å²) in [5.74, 6) is 0.104. The van der Waals surface area contributed by atoms with Crippen LogP contribution in [0.4, 0.5) is 11.4 Å². The molecular weight excluding hydrogens is 406 g/mol. The van der Waals surface area contributed by atoms with Crippen LogP contribution in [-0.4, -0.2) is 25.4 Å². The SMILES string of the molecule is O=C(Cn1c(-c2ccccc2[N+](=O)[O-])nc2ccccc21)Nc1ccc2ncccc2c1. The van der Waals surface area contributed by atoms with Crippen molar-refractivity contribution in [1.29, 1.82) is 0 Å². The number of hydrogen-bond donors (Lipinski definition) is 1. The molecule has 0 aliphatic heterocycles. The molecule has 8 nitrogen and oxygen atoms in total. The Bertz CT molecular complexity index is 1490. The summed E-state index contributed by atoms with van der Waals surface area (Å²) in [5, 5.41) is 15.4. The smallest absolute Gasteiger partial charge is 0.280 e. The van der Waals surface area contributed by atoms with E-state index in [0.717, 1.165) is 16.4 Å². The number of nitro benzene ring substituents is 1. The molecule has 0 saturated heterocycles. The molecule has 156 valence electrons. The van der Waals surface area contributed by atoms with Crippen molar-refractivity contribution in [3.8, 4) is 11.4 Å².